The maximum atomic E-state index is 3.57. The molecule has 2 aromatic rings. The first kappa shape index (κ1) is 11.2. The van der Waals surface area contributed by atoms with Gasteiger partial charge in [-0.3, -0.25) is 0 Å². The summed E-state index contributed by atoms with van der Waals surface area (Å²) in [6.45, 7) is 2.23. The molecular formula is C15H14BrNS. The summed E-state index contributed by atoms with van der Waals surface area (Å²) < 4.78 is 1.16. The van der Waals surface area contributed by atoms with Gasteiger partial charge in [0.2, 0.25) is 0 Å². The van der Waals surface area contributed by atoms with Crippen LogP contribution in [-0.2, 0) is 12.0 Å². The average Bonchev–Trinajstić information content (AvgIpc) is 2.99. The number of benzene rings is 1. The summed E-state index contributed by atoms with van der Waals surface area (Å²) in [6, 6.07) is 11.1. The van der Waals surface area contributed by atoms with Crippen LogP contribution < -0.4 is 5.32 Å². The van der Waals surface area contributed by atoms with Crippen molar-refractivity contribution in [3.8, 4) is 10.4 Å². The van der Waals surface area contributed by atoms with Gasteiger partial charge in [-0.05, 0) is 42.2 Å². The summed E-state index contributed by atoms with van der Waals surface area (Å²) in [5.74, 6) is 0. The fourth-order valence-electron chi connectivity index (χ4n) is 2.90. The predicted octanol–water partition coefficient (Wildman–Crippen LogP) is 4.31. The lowest BCUT2D eigenvalue weighted by molar-refractivity contribution is 0.539. The van der Waals surface area contributed by atoms with Gasteiger partial charge in [0.15, 0.2) is 0 Å². The van der Waals surface area contributed by atoms with Gasteiger partial charge in [0, 0.05) is 32.7 Å². The van der Waals surface area contributed by atoms with Crippen molar-refractivity contribution in [1.82, 2.24) is 5.32 Å². The molecule has 3 heteroatoms. The minimum atomic E-state index is 0.494. The molecule has 1 saturated carbocycles. The number of thiophene rings is 1. The van der Waals surface area contributed by atoms with Crippen LogP contribution in [0.4, 0.5) is 0 Å². The molecule has 2 heterocycles. The minimum absolute atomic E-state index is 0.494. The highest BCUT2D eigenvalue weighted by atomic mass is 79.9. The molecule has 1 aliphatic heterocycles. The van der Waals surface area contributed by atoms with Crippen molar-refractivity contribution in [3.05, 3.63) is 45.2 Å². The molecule has 18 heavy (non-hydrogen) atoms. The second-order valence-corrected chi connectivity index (χ2v) is 7.39. The van der Waals surface area contributed by atoms with Gasteiger partial charge >= 0.3 is 0 Å². The van der Waals surface area contributed by atoms with Crippen LogP contribution in [0.2, 0.25) is 0 Å². The van der Waals surface area contributed by atoms with Crippen molar-refractivity contribution in [3.63, 3.8) is 0 Å². The Kier molecular flexibility index (Phi) is 2.44. The van der Waals surface area contributed by atoms with E-state index in [4.69, 9.17) is 0 Å². The first-order valence-electron chi connectivity index (χ1n) is 6.37. The zero-order valence-electron chi connectivity index (χ0n) is 10.0. The van der Waals surface area contributed by atoms with Crippen molar-refractivity contribution in [1.29, 1.82) is 0 Å². The van der Waals surface area contributed by atoms with Crippen LogP contribution in [0.25, 0.3) is 10.4 Å². The monoisotopic (exact) mass is 319 g/mol. The van der Waals surface area contributed by atoms with Crippen LogP contribution in [0.15, 0.2) is 34.8 Å². The summed E-state index contributed by atoms with van der Waals surface area (Å²) in [5.41, 5.74) is 3.45. The number of halogens is 1. The van der Waals surface area contributed by atoms with Gasteiger partial charge in [-0.1, -0.05) is 28.1 Å². The zero-order valence-corrected chi connectivity index (χ0v) is 12.4. The summed E-state index contributed by atoms with van der Waals surface area (Å²) in [6.07, 6.45) is 2.73. The molecule has 0 bridgehead atoms. The Hall–Kier alpha value is -0.640. The predicted molar refractivity (Wildman–Crippen MR) is 80.1 cm³/mol. The zero-order chi connectivity index (χ0) is 12.2. The van der Waals surface area contributed by atoms with E-state index in [-0.39, 0.29) is 0 Å². The van der Waals surface area contributed by atoms with Gasteiger partial charge in [-0.25, -0.2) is 0 Å². The van der Waals surface area contributed by atoms with E-state index in [1.54, 1.807) is 10.4 Å². The highest BCUT2D eigenvalue weighted by molar-refractivity contribution is 9.10. The van der Waals surface area contributed by atoms with Gasteiger partial charge in [0.05, 0.1) is 0 Å². The quantitative estimate of drug-likeness (QED) is 0.825. The molecule has 1 fully saturated rings. The Morgan fingerprint density at radius 3 is 2.89 bits per heavy atom. The average molecular weight is 320 g/mol. The number of rotatable bonds is 1. The van der Waals surface area contributed by atoms with Gasteiger partial charge in [0.25, 0.3) is 0 Å². The molecule has 1 spiro atoms. The Morgan fingerprint density at radius 2 is 2.11 bits per heavy atom. The first-order chi connectivity index (χ1) is 8.77. The molecule has 1 nitrogen and oxygen atoms in total. The SMILES string of the molecule is Brc1cccc(-c2cc3c(s2)CNCC32CC2)c1. The van der Waals surface area contributed by atoms with E-state index in [9.17, 15) is 0 Å². The Morgan fingerprint density at radius 1 is 1.22 bits per heavy atom. The second-order valence-electron chi connectivity index (χ2n) is 5.34. The maximum absolute atomic E-state index is 3.57. The standard InChI is InChI=1S/C15H14BrNS/c16-11-3-1-2-10(6-11)13-7-12-14(18-13)8-17-9-15(12)4-5-15/h1-3,6-7,17H,4-5,8-9H2. The lowest BCUT2D eigenvalue weighted by Crippen LogP contribution is -2.31. The summed E-state index contributed by atoms with van der Waals surface area (Å²) >= 11 is 5.51. The molecule has 1 N–H and O–H groups in total. The van der Waals surface area contributed by atoms with Crippen LogP contribution >= 0.6 is 27.3 Å². The highest BCUT2D eigenvalue weighted by Gasteiger charge is 2.47. The first-order valence-corrected chi connectivity index (χ1v) is 7.98. The Labute approximate surface area is 119 Å². The number of hydrogen-bond acceptors (Lipinski definition) is 2. The Balaban J connectivity index is 1.82. The number of nitrogens with one attached hydrogen (secondary N) is 1. The van der Waals surface area contributed by atoms with E-state index in [0.717, 1.165) is 11.0 Å². The van der Waals surface area contributed by atoms with E-state index < -0.39 is 0 Å². The van der Waals surface area contributed by atoms with Gasteiger partial charge in [0.1, 0.15) is 0 Å². The molecule has 1 aromatic heterocycles. The molecule has 0 unspecified atom stereocenters. The van der Waals surface area contributed by atoms with Gasteiger partial charge < -0.3 is 5.32 Å². The summed E-state index contributed by atoms with van der Waals surface area (Å²) in [7, 11) is 0. The van der Waals surface area contributed by atoms with Crippen molar-refractivity contribution >= 4 is 27.3 Å². The molecule has 2 aliphatic rings. The number of fused-ring (bicyclic) bond motifs is 2. The highest BCUT2D eigenvalue weighted by Crippen LogP contribution is 2.53. The van der Waals surface area contributed by atoms with E-state index in [1.165, 1.54) is 29.8 Å². The van der Waals surface area contributed by atoms with E-state index in [1.807, 2.05) is 11.3 Å². The second kappa shape index (κ2) is 3.92. The smallest absolute Gasteiger partial charge is 0.0349 e. The van der Waals surface area contributed by atoms with Crippen LogP contribution in [0.5, 0.6) is 0 Å². The molecule has 4 rings (SSSR count). The van der Waals surface area contributed by atoms with Gasteiger partial charge in [-0.2, -0.15) is 0 Å². The molecule has 1 aliphatic carbocycles. The normalized spacial score (nSPS) is 19.8. The number of hydrogen-bond donors (Lipinski definition) is 1. The fraction of sp³-hybridized carbons (Fsp3) is 0.333. The van der Waals surface area contributed by atoms with E-state index in [0.29, 0.717) is 5.41 Å². The van der Waals surface area contributed by atoms with E-state index in [2.05, 4.69) is 51.6 Å². The lowest BCUT2D eigenvalue weighted by atomic mass is 9.93. The third-order valence-corrected chi connectivity index (χ3v) is 5.77. The van der Waals surface area contributed by atoms with E-state index >= 15 is 0 Å². The molecule has 1 aromatic carbocycles. The van der Waals surface area contributed by atoms with Crippen LogP contribution in [-0.4, -0.2) is 6.54 Å². The topological polar surface area (TPSA) is 12.0 Å². The van der Waals surface area contributed by atoms with Crippen molar-refractivity contribution in [2.75, 3.05) is 6.54 Å². The van der Waals surface area contributed by atoms with Crippen LogP contribution in [0, 0.1) is 0 Å². The molecule has 0 saturated heterocycles. The van der Waals surface area contributed by atoms with Gasteiger partial charge in [-0.15, -0.1) is 11.3 Å². The molecular weight excluding hydrogens is 306 g/mol. The summed E-state index contributed by atoms with van der Waals surface area (Å²) in [4.78, 5) is 2.96. The largest absolute Gasteiger partial charge is 0.311 e. The fourth-order valence-corrected chi connectivity index (χ4v) is 4.55. The van der Waals surface area contributed by atoms with Crippen LogP contribution in [0.1, 0.15) is 23.3 Å². The maximum Gasteiger partial charge on any atom is 0.0349 e. The molecule has 0 amide bonds. The summed E-state index contributed by atoms with van der Waals surface area (Å²) in [5, 5.41) is 3.57. The molecule has 0 radical (unpaired) electrons. The molecule has 92 valence electrons. The van der Waals surface area contributed by atoms with Crippen molar-refractivity contribution in [2.45, 2.75) is 24.8 Å². The van der Waals surface area contributed by atoms with Crippen molar-refractivity contribution < 1.29 is 0 Å². The Bertz CT molecular complexity index is 613. The third kappa shape index (κ3) is 1.68. The molecule has 0 atom stereocenters. The van der Waals surface area contributed by atoms with Crippen molar-refractivity contribution in [2.24, 2.45) is 0 Å². The minimum Gasteiger partial charge on any atom is -0.311 e. The van der Waals surface area contributed by atoms with Crippen LogP contribution in [0.3, 0.4) is 0 Å². The third-order valence-electron chi connectivity index (χ3n) is 4.09. The lowest BCUT2D eigenvalue weighted by Gasteiger charge is -2.22.